The van der Waals surface area contributed by atoms with Crippen molar-refractivity contribution in [3.63, 3.8) is 0 Å². The molecule has 2 aliphatic heterocycles. The molecule has 0 bridgehead atoms. The van der Waals surface area contributed by atoms with Gasteiger partial charge in [0.05, 0.1) is 17.5 Å². The van der Waals surface area contributed by atoms with E-state index in [0.717, 1.165) is 28.6 Å². The number of ether oxygens (including phenoxy) is 1. The number of aliphatic carboxylic acids is 1. The third-order valence-electron chi connectivity index (χ3n) is 9.83. The number of hydrogen-bond donors (Lipinski definition) is 1. The summed E-state index contributed by atoms with van der Waals surface area (Å²) >= 11 is 0.330. The largest absolute Gasteiger partial charge is 0.481 e. The first kappa shape index (κ1) is 39.0. The van der Waals surface area contributed by atoms with Gasteiger partial charge in [-0.1, -0.05) is 33.3 Å². The molecule has 0 radical (unpaired) electrons. The normalized spacial score (nSPS) is 21.5. The van der Waals surface area contributed by atoms with E-state index in [9.17, 15) is 45.4 Å². The Balaban J connectivity index is 1.67. The number of pyridine rings is 1. The minimum Gasteiger partial charge on any atom is -0.481 e. The van der Waals surface area contributed by atoms with Crippen LogP contribution < -0.4 is 4.74 Å². The minimum absolute atomic E-state index is 0.00593. The monoisotopic (exact) mass is 757 g/mol. The lowest BCUT2D eigenvalue weighted by molar-refractivity contribution is -0.164. The van der Waals surface area contributed by atoms with E-state index in [1.807, 2.05) is 0 Å². The Bertz CT molecular complexity index is 1800. The first-order valence-electron chi connectivity index (χ1n) is 16.9. The van der Waals surface area contributed by atoms with Crippen LogP contribution in [-0.4, -0.2) is 61.9 Å². The number of carboxylic acids is 1. The highest BCUT2D eigenvalue weighted by Gasteiger charge is 2.57. The van der Waals surface area contributed by atoms with E-state index in [1.54, 1.807) is 20.8 Å². The molecule has 0 spiro atoms. The van der Waals surface area contributed by atoms with Gasteiger partial charge in [0.25, 0.3) is 11.8 Å². The number of carbonyl (C=O) groups is 3. The zero-order chi connectivity index (χ0) is 38.2. The van der Waals surface area contributed by atoms with Crippen LogP contribution in [0.4, 0.5) is 30.7 Å². The van der Waals surface area contributed by atoms with E-state index >= 15 is 4.79 Å². The summed E-state index contributed by atoms with van der Waals surface area (Å²) in [5, 5.41) is 11.2. The van der Waals surface area contributed by atoms with Gasteiger partial charge in [-0.15, -0.1) is 11.3 Å². The summed E-state index contributed by atoms with van der Waals surface area (Å²) in [4.78, 5) is 47.0. The molecule has 4 heterocycles. The lowest BCUT2D eigenvalue weighted by Gasteiger charge is -2.51. The quantitative estimate of drug-likeness (QED) is 0.209. The number of hydrogen-bond acceptors (Lipinski definition) is 6. The molecule has 1 aromatic carbocycles. The number of fused-ring (bicyclic) bond motifs is 1. The molecule has 0 unspecified atom stereocenters. The van der Waals surface area contributed by atoms with Gasteiger partial charge >= 0.3 is 18.3 Å². The zero-order valence-corrected chi connectivity index (χ0v) is 29.4. The molecule has 4 atom stereocenters. The van der Waals surface area contributed by atoms with Gasteiger partial charge in [0.1, 0.15) is 22.1 Å². The molecule has 1 N–H and O–H groups in total. The number of benzene rings is 1. The summed E-state index contributed by atoms with van der Waals surface area (Å²) in [5.41, 5.74) is -3.22. The van der Waals surface area contributed by atoms with E-state index in [1.165, 1.54) is 23.1 Å². The fraction of sp³-hybridized carbons (Fsp3) is 0.500. The van der Waals surface area contributed by atoms with Crippen LogP contribution in [0.25, 0.3) is 0 Å². The third-order valence-corrected chi connectivity index (χ3v) is 10.8. The van der Waals surface area contributed by atoms with E-state index in [0.29, 0.717) is 35.0 Å². The van der Waals surface area contributed by atoms with Gasteiger partial charge in [-0.05, 0) is 67.0 Å². The molecule has 1 fully saturated rings. The van der Waals surface area contributed by atoms with Crippen molar-refractivity contribution in [3.05, 3.63) is 81.1 Å². The summed E-state index contributed by atoms with van der Waals surface area (Å²) < 4.78 is 104. The van der Waals surface area contributed by atoms with Crippen LogP contribution in [0.2, 0.25) is 0 Å². The first-order valence-corrected chi connectivity index (χ1v) is 17.7. The molecule has 5 rings (SSSR count). The predicted molar refractivity (Wildman–Crippen MR) is 176 cm³/mol. The number of amides is 2. The van der Waals surface area contributed by atoms with Crippen molar-refractivity contribution in [3.8, 4) is 5.75 Å². The van der Waals surface area contributed by atoms with E-state index < -0.39 is 75.7 Å². The number of nitrogens with zero attached hydrogens (tertiary/aromatic N) is 3. The maximum atomic E-state index is 15.3. The number of carbonyl (C=O) groups excluding carboxylic acids is 2. The lowest BCUT2D eigenvalue weighted by atomic mass is 9.78. The summed E-state index contributed by atoms with van der Waals surface area (Å²) in [5.74, 6) is -5.20. The van der Waals surface area contributed by atoms with Gasteiger partial charge in [0.15, 0.2) is 0 Å². The van der Waals surface area contributed by atoms with Crippen LogP contribution in [0.1, 0.15) is 84.9 Å². The second-order valence-corrected chi connectivity index (χ2v) is 14.5. The maximum Gasteiger partial charge on any atom is 0.425 e. The Labute approximate surface area is 299 Å². The molecule has 16 heteroatoms. The molecule has 3 aromatic rings. The Kier molecular flexibility index (Phi) is 11.3. The fourth-order valence-electron chi connectivity index (χ4n) is 7.33. The summed E-state index contributed by atoms with van der Waals surface area (Å²) in [6.45, 7) is 4.88. The third kappa shape index (κ3) is 7.91. The number of alkyl halides is 6. The van der Waals surface area contributed by atoms with Crippen LogP contribution in [0.5, 0.6) is 5.75 Å². The second-order valence-electron chi connectivity index (χ2n) is 13.6. The number of rotatable bonds is 10. The predicted octanol–water partition coefficient (Wildman–Crippen LogP) is 8.24. The van der Waals surface area contributed by atoms with E-state index in [2.05, 4.69) is 4.98 Å². The number of thiophene rings is 1. The molecule has 52 heavy (non-hydrogen) atoms. The van der Waals surface area contributed by atoms with Gasteiger partial charge in [0, 0.05) is 43.2 Å². The van der Waals surface area contributed by atoms with Crippen molar-refractivity contribution in [1.29, 1.82) is 0 Å². The first-order chi connectivity index (χ1) is 24.4. The molecule has 0 saturated carbocycles. The van der Waals surface area contributed by atoms with Crippen molar-refractivity contribution in [2.45, 2.75) is 95.9 Å². The second kappa shape index (κ2) is 15.0. The summed E-state index contributed by atoms with van der Waals surface area (Å²) in [7, 11) is 0. The van der Waals surface area contributed by atoms with Crippen LogP contribution in [0, 0.1) is 17.7 Å². The Morgan fingerprint density at radius 2 is 1.79 bits per heavy atom. The zero-order valence-electron chi connectivity index (χ0n) is 28.6. The van der Waals surface area contributed by atoms with E-state index in [-0.39, 0.29) is 56.9 Å². The molecule has 8 nitrogen and oxygen atoms in total. The highest BCUT2D eigenvalue weighted by atomic mass is 32.1. The molecule has 1 saturated heterocycles. The number of likely N-dealkylation sites (tertiary alicyclic amines) is 1. The van der Waals surface area contributed by atoms with Gasteiger partial charge < -0.3 is 19.6 Å². The Hall–Kier alpha value is -4.21. The highest BCUT2D eigenvalue weighted by molar-refractivity contribution is 7.10. The van der Waals surface area contributed by atoms with Crippen molar-refractivity contribution < 1.29 is 55.0 Å². The number of piperidine rings is 1. The van der Waals surface area contributed by atoms with Crippen LogP contribution in [0.15, 0.2) is 48.0 Å². The van der Waals surface area contributed by atoms with Crippen LogP contribution >= 0.6 is 11.3 Å². The summed E-state index contributed by atoms with van der Waals surface area (Å²) in [6, 6.07) is 4.35. The van der Waals surface area contributed by atoms with Gasteiger partial charge in [-0.2, -0.15) is 26.3 Å². The van der Waals surface area contributed by atoms with Crippen LogP contribution in [0.3, 0.4) is 0 Å². The number of carboxylic acid groups (broad SMARTS) is 1. The Morgan fingerprint density at radius 3 is 2.40 bits per heavy atom. The van der Waals surface area contributed by atoms with Gasteiger partial charge in [0.2, 0.25) is 5.60 Å². The Morgan fingerprint density at radius 1 is 1.06 bits per heavy atom. The van der Waals surface area contributed by atoms with Crippen molar-refractivity contribution >= 4 is 29.1 Å². The molecular weight excluding hydrogens is 719 g/mol. The molecule has 0 aliphatic carbocycles. The highest BCUT2D eigenvalue weighted by Crippen LogP contribution is 2.44. The van der Waals surface area contributed by atoms with Gasteiger partial charge in [-0.3, -0.25) is 19.4 Å². The molecule has 2 amide bonds. The average molecular weight is 758 g/mol. The average Bonchev–Trinajstić information content (AvgIpc) is 3.55. The minimum atomic E-state index is -4.95. The van der Waals surface area contributed by atoms with Crippen molar-refractivity contribution in [1.82, 2.24) is 14.8 Å². The van der Waals surface area contributed by atoms with Gasteiger partial charge in [-0.25, -0.2) is 4.39 Å². The number of halogens is 7. The van der Waals surface area contributed by atoms with Crippen LogP contribution in [-0.2, 0) is 34.9 Å². The number of aromatic nitrogens is 1. The molecule has 2 aliphatic rings. The lowest BCUT2D eigenvalue weighted by Crippen LogP contribution is -2.69. The molecule has 282 valence electrons. The topological polar surface area (TPSA) is 100 Å². The SMILES string of the molecule is CCC[C@H]1N(C(=O)c2ncccc2C(F)(F)F)CCC[C@@]1(Oc1csc(C(F)(F)F)c1)C(=O)N1Cc2ccc(F)cc2C[C@H]1C[C@H](C(=O)O)C(C)C. The standard InChI is InChI=1S/C36H38F7N3O5S/c1-4-7-28-34(51-25-17-29(52-19-25)36(41,42)43,11-6-13-45(28)31(47)30-27(35(38,39)40)8-5-12-44-30)33(50)46-18-21-9-10-23(37)14-22(21)15-24(46)16-26(20(2)3)32(48)49/h5,8-10,12,14,17,19-20,24,26,28H,4,6-7,11,13,15-16,18H2,1-3H3,(H,48,49)/t24-,26-,28+,34-/m0/s1. The summed E-state index contributed by atoms with van der Waals surface area (Å²) in [6.07, 6.45) is -8.49. The maximum absolute atomic E-state index is 15.3. The van der Waals surface area contributed by atoms with Crippen molar-refractivity contribution in [2.24, 2.45) is 11.8 Å². The van der Waals surface area contributed by atoms with Crippen molar-refractivity contribution in [2.75, 3.05) is 6.54 Å². The smallest absolute Gasteiger partial charge is 0.425 e. The fourth-order valence-corrected chi connectivity index (χ4v) is 8.01. The molecule has 2 aromatic heterocycles. The van der Waals surface area contributed by atoms with E-state index in [4.69, 9.17) is 4.74 Å². The molecular formula is C36H38F7N3O5S.